The molecule has 0 aliphatic carbocycles. The Morgan fingerprint density at radius 3 is 2.71 bits per heavy atom. The molecule has 21 heavy (non-hydrogen) atoms. The number of rotatable bonds is 3. The fraction of sp³-hybridized carbons (Fsp3) is 0.188. The van der Waals surface area contributed by atoms with E-state index < -0.39 is 5.97 Å². The van der Waals surface area contributed by atoms with Crippen molar-refractivity contribution in [1.82, 2.24) is 9.97 Å². The molecule has 0 aliphatic heterocycles. The lowest BCUT2D eigenvalue weighted by Crippen LogP contribution is -1.97. The predicted octanol–water partition coefficient (Wildman–Crippen LogP) is 3.93. The Balaban J connectivity index is 2.12. The van der Waals surface area contributed by atoms with Crippen LogP contribution in [0.2, 0.25) is 0 Å². The maximum absolute atomic E-state index is 11.2. The van der Waals surface area contributed by atoms with Gasteiger partial charge in [0.1, 0.15) is 9.88 Å². The van der Waals surface area contributed by atoms with Crippen LogP contribution in [0.3, 0.4) is 0 Å². The number of hydrogen-bond acceptors (Lipinski definition) is 4. The van der Waals surface area contributed by atoms with E-state index in [9.17, 15) is 9.90 Å². The quantitative estimate of drug-likeness (QED) is 0.796. The molecule has 0 saturated heterocycles. The number of hydrogen-bond donors (Lipinski definition) is 1. The molecule has 0 fully saturated rings. The van der Waals surface area contributed by atoms with Gasteiger partial charge in [0.25, 0.3) is 0 Å². The van der Waals surface area contributed by atoms with Crippen LogP contribution in [-0.4, -0.2) is 21.0 Å². The minimum absolute atomic E-state index is 0.328. The van der Waals surface area contributed by atoms with Crippen LogP contribution in [0, 0.1) is 6.92 Å². The van der Waals surface area contributed by atoms with Crippen LogP contribution >= 0.6 is 11.3 Å². The fourth-order valence-corrected chi connectivity index (χ4v) is 3.23. The zero-order chi connectivity index (χ0) is 15.0. The molecule has 2 heterocycles. The standard InChI is InChI=1S/C16H14N2O2S/c1-3-12-14(16(19)20)21-15(18-12)11-6-7-13-10(8-11)5-4-9(2)17-13/h4-8H,3H2,1-2H3,(H,19,20). The molecule has 0 saturated carbocycles. The summed E-state index contributed by atoms with van der Waals surface area (Å²) in [5.41, 5.74) is 3.49. The van der Waals surface area contributed by atoms with Crippen molar-refractivity contribution < 1.29 is 9.90 Å². The number of fused-ring (bicyclic) bond motifs is 1. The van der Waals surface area contributed by atoms with Gasteiger partial charge in [-0.3, -0.25) is 4.98 Å². The Kier molecular flexibility index (Phi) is 3.43. The van der Waals surface area contributed by atoms with E-state index in [4.69, 9.17) is 0 Å². The third-order valence-corrected chi connectivity index (χ3v) is 4.44. The van der Waals surface area contributed by atoms with Crippen molar-refractivity contribution in [2.45, 2.75) is 20.3 Å². The van der Waals surface area contributed by atoms with Crippen molar-refractivity contribution in [2.24, 2.45) is 0 Å². The van der Waals surface area contributed by atoms with Crippen molar-refractivity contribution in [1.29, 1.82) is 0 Å². The van der Waals surface area contributed by atoms with E-state index in [1.165, 1.54) is 11.3 Å². The van der Waals surface area contributed by atoms with Crippen molar-refractivity contribution in [2.75, 3.05) is 0 Å². The maximum Gasteiger partial charge on any atom is 0.347 e. The molecule has 0 radical (unpaired) electrons. The number of carboxylic acids is 1. The molecule has 1 aromatic carbocycles. The van der Waals surface area contributed by atoms with E-state index in [1.54, 1.807) is 0 Å². The van der Waals surface area contributed by atoms with E-state index in [0.717, 1.165) is 27.2 Å². The molecular weight excluding hydrogens is 284 g/mol. The van der Waals surface area contributed by atoms with E-state index in [1.807, 2.05) is 44.2 Å². The first-order chi connectivity index (χ1) is 10.1. The van der Waals surface area contributed by atoms with Gasteiger partial charge in [-0.15, -0.1) is 11.3 Å². The molecular formula is C16H14N2O2S. The first-order valence-corrected chi connectivity index (χ1v) is 7.51. The average Bonchev–Trinajstić information content (AvgIpc) is 2.91. The summed E-state index contributed by atoms with van der Waals surface area (Å²) in [5, 5.41) is 11.0. The van der Waals surface area contributed by atoms with Gasteiger partial charge >= 0.3 is 5.97 Å². The van der Waals surface area contributed by atoms with Gasteiger partial charge in [-0.25, -0.2) is 9.78 Å². The van der Waals surface area contributed by atoms with Crippen LogP contribution in [0.5, 0.6) is 0 Å². The third kappa shape index (κ3) is 2.52. The minimum atomic E-state index is -0.909. The molecule has 4 nitrogen and oxygen atoms in total. The second kappa shape index (κ2) is 5.26. The fourth-order valence-electron chi connectivity index (χ4n) is 2.24. The Labute approximate surface area is 126 Å². The van der Waals surface area contributed by atoms with Crippen LogP contribution in [0.1, 0.15) is 28.0 Å². The van der Waals surface area contributed by atoms with Gasteiger partial charge in [0, 0.05) is 16.6 Å². The number of aromatic nitrogens is 2. The highest BCUT2D eigenvalue weighted by atomic mass is 32.1. The summed E-state index contributed by atoms with van der Waals surface area (Å²) in [5.74, 6) is -0.909. The summed E-state index contributed by atoms with van der Waals surface area (Å²) in [6.07, 6.45) is 0.618. The van der Waals surface area contributed by atoms with E-state index >= 15 is 0 Å². The lowest BCUT2D eigenvalue weighted by molar-refractivity contribution is 0.0701. The monoisotopic (exact) mass is 298 g/mol. The molecule has 0 spiro atoms. The highest BCUT2D eigenvalue weighted by Crippen LogP contribution is 2.30. The van der Waals surface area contributed by atoms with Crippen molar-refractivity contribution >= 4 is 28.2 Å². The van der Waals surface area contributed by atoms with Gasteiger partial charge in [0.15, 0.2) is 0 Å². The lowest BCUT2D eigenvalue weighted by Gasteiger charge is -2.01. The van der Waals surface area contributed by atoms with Gasteiger partial charge in [0.2, 0.25) is 0 Å². The zero-order valence-corrected chi connectivity index (χ0v) is 12.6. The van der Waals surface area contributed by atoms with E-state index in [-0.39, 0.29) is 0 Å². The number of thiazole rings is 1. The SMILES string of the molecule is CCc1nc(-c2ccc3nc(C)ccc3c2)sc1C(=O)O. The summed E-state index contributed by atoms with van der Waals surface area (Å²) < 4.78 is 0. The summed E-state index contributed by atoms with van der Waals surface area (Å²) in [6, 6.07) is 9.89. The first-order valence-electron chi connectivity index (χ1n) is 6.69. The van der Waals surface area contributed by atoms with Crippen LogP contribution in [0.15, 0.2) is 30.3 Å². The number of carbonyl (C=O) groups is 1. The molecule has 0 bridgehead atoms. The van der Waals surface area contributed by atoms with Crippen LogP contribution in [-0.2, 0) is 6.42 Å². The minimum Gasteiger partial charge on any atom is -0.477 e. The summed E-state index contributed by atoms with van der Waals surface area (Å²) in [6.45, 7) is 3.87. The van der Waals surface area contributed by atoms with E-state index in [2.05, 4.69) is 9.97 Å². The summed E-state index contributed by atoms with van der Waals surface area (Å²) in [4.78, 5) is 20.5. The van der Waals surface area contributed by atoms with Crippen molar-refractivity contribution in [3.8, 4) is 10.6 Å². The highest BCUT2D eigenvalue weighted by Gasteiger charge is 2.17. The van der Waals surface area contributed by atoms with Gasteiger partial charge < -0.3 is 5.11 Å². The van der Waals surface area contributed by atoms with Crippen molar-refractivity contribution in [3.05, 3.63) is 46.6 Å². The molecule has 5 heteroatoms. The molecule has 3 aromatic rings. The Morgan fingerprint density at radius 1 is 1.24 bits per heavy atom. The lowest BCUT2D eigenvalue weighted by atomic mass is 10.1. The molecule has 0 atom stereocenters. The van der Waals surface area contributed by atoms with Gasteiger partial charge in [-0.2, -0.15) is 0 Å². The number of aryl methyl sites for hydroxylation is 2. The second-order valence-corrected chi connectivity index (χ2v) is 5.81. The number of benzene rings is 1. The van der Waals surface area contributed by atoms with Crippen LogP contribution in [0.25, 0.3) is 21.5 Å². The van der Waals surface area contributed by atoms with Gasteiger partial charge in [-0.1, -0.05) is 13.0 Å². The molecule has 0 unspecified atom stereocenters. The number of aromatic carboxylic acids is 1. The summed E-state index contributed by atoms with van der Waals surface area (Å²) >= 11 is 1.23. The van der Waals surface area contributed by atoms with Crippen molar-refractivity contribution in [3.63, 3.8) is 0 Å². The smallest absolute Gasteiger partial charge is 0.347 e. The van der Waals surface area contributed by atoms with E-state index in [0.29, 0.717) is 17.0 Å². The normalized spacial score (nSPS) is 11.0. The molecule has 0 amide bonds. The summed E-state index contributed by atoms with van der Waals surface area (Å²) in [7, 11) is 0. The second-order valence-electron chi connectivity index (χ2n) is 4.81. The molecule has 3 rings (SSSR count). The van der Waals surface area contributed by atoms with Crippen LogP contribution in [0.4, 0.5) is 0 Å². The topological polar surface area (TPSA) is 63.1 Å². The van der Waals surface area contributed by atoms with Crippen LogP contribution < -0.4 is 0 Å². The molecule has 0 aliphatic rings. The zero-order valence-electron chi connectivity index (χ0n) is 11.8. The first kappa shape index (κ1) is 13.7. The number of nitrogens with zero attached hydrogens (tertiary/aromatic N) is 2. The largest absolute Gasteiger partial charge is 0.477 e. The average molecular weight is 298 g/mol. The van der Waals surface area contributed by atoms with Gasteiger partial charge in [0.05, 0.1) is 11.2 Å². The number of carboxylic acid groups (broad SMARTS) is 1. The predicted molar refractivity (Wildman–Crippen MR) is 83.9 cm³/mol. The third-order valence-electron chi connectivity index (χ3n) is 3.30. The highest BCUT2D eigenvalue weighted by molar-refractivity contribution is 7.17. The maximum atomic E-state index is 11.2. The molecule has 2 aromatic heterocycles. The Hall–Kier alpha value is -2.27. The molecule has 106 valence electrons. The van der Waals surface area contributed by atoms with Gasteiger partial charge in [-0.05, 0) is 37.6 Å². The Morgan fingerprint density at radius 2 is 2.05 bits per heavy atom. The Bertz CT molecular complexity index is 839. The molecule has 1 N–H and O–H groups in total. The number of pyridine rings is 1.